The lowest BCUT2D eigenvalue weighted by Crippen LogP contribution is -2.30. The van der Waals surface area contributed by atoms with Crippen LogP contribution in [0.3, 0.4) is 0 Å². The van der Waals surface area contributed by atoms with Gasteiger partial charge in [0.1, 0.15) is 19.3 Å². The summed E-state index contributed by atoms with van der Waals surface area (Å²) in [6.45, 7) is 9.63. The summed E-state index contributed by atoms with van der Waals surface area (Å²) in [6, 6.07) is 0. The Balaban J connectivity index is 5.22. The number of hydrogen-bond acceptors (Lipinski definition) is 15. The fourth-order valence-corrected chi connectivity index (χ4v) is 13.2. The minimum absolute atomic E-state index is 0.107. The molecule has 0 amide bonds. The summed E-state index contributed by atoms with van der Waals surface area (Å²) in [5.41, 5.74) is 0. The number of aliphatic hydroxyl groups is 1. The maximum atomic E-state index is 13.1. The van der Waals surface area contributed by atoms with Crippen LogP contribution >= 0.6 is 15.6 Å². The number of esters is 4. The summed E-state index contributed by atoms with van der Waals surface area (Å²) in [5.74, 6) is -0.521. The molecular weight excluding hydrogens is 1250 g/mol. The number of hydrogen-bond donors (Lipinski definition) is 3. The fraction of sp³-hybridized carbons (Fsp3) is 0.947. The number of carbonyl (C=O) groups excluding carboxylic acids is 4. The Kier molecular flexibility index (Phi) is 66.5. The van der Waals surface area contributed by atoms with E-state index in [2.05, 4.69) is 41.5 Å². The number of rotatable bonds is 75. The van der Waals surface area contributed by atoms with E-state index in [4.69, 9.17) is 37.0 Å². The Labute approximate surface area is 581 Å². The average molecular weight is 1400 g/mol. The van der Waals surface area contributed by atoms with Gasteiger partial charge in [-0.2, -0.15) is 0 Å². The van der Waals surface area contributed by atoms with E-state index in [1.807, 2.05) is 0 Å². The van der Waals surface area contributed by atoms with Crippen LogP contribution in [0.25, 0.3) is 0 Å². The molecular formula is C76H148O17P2. The Morgan fingerprint density at radius 3 is 0.716 bits per heavy atom. The van der Waals surface area contributed by atoms with Gasteiger partial charge in [-0.1, -0.05) is 343 Å². The standard InChI is InChI=1S/C76H148O17P2/c1-7-9-11-13-15-17-18-29-36-42-48-54-60-75(80)92-71(64-86-73(78)58-52-46-40-32-16-14-12-10-8-2)66-90-94(82,83)88-62-70(77)63-89-95(84,85)91-67-72(65-87-74(79)59-53-47-41-35-30-26-22-24-28-34-39-45-51-57-69(5)6)93-76(81)61-55-49-43-37-31-25-21-19-20-23-27-33-38-44-50-56-68(3)4/h68-72,77H,7-67H2,1-6H3,(H,82,83)(H,84,85)/t70-,71+,72+/m0/s1. The van der Waals surface area contributed by atoms with Crippen molar-refractivity contribution in [2.75, 3.05) is 39.6 Å². The summed E-state index contributed by atoms with van der Waals surface area (Å²) in [5, 5.41) is 10.6. The van der Waals surface area contributed by atoms with E-state index < -0.39 is 97.5 Å². The van der Waals surface area contributed by atoms with E-state index in [9.17, 15) is 43.2 Å². The third-order valence-electron chi connectivity index (χ3n) is 17.7. The lowest BCUT2D eigenvalue weighted by molar-refractivity contribution is -0.161. The molecule has 0 spiro atoms. The van der Waals surface area contributed by atoms with Crippen molar-refractivity contribution in [3.63, 3.8) is 0 Å². The Morgan fingerprint density at radius 2 is 0.484 bits per heavy atom. The number of unbranched alkanes of at least 4 members (excludes halogenated alkanes) is 45. The molecule has 5 atom stereocenters. The van der Waals surface area contributed by atoms with E-state index in [1.54, 1.807) is 0 Å². The van der Waals surface area contributed by atoms with Gasteiger partial charge in [0.25, 0.3) is 0 Å². The first-order valence-corrected chi connectivity index (χ1v) is 42.5. The molecule has 0 aromatic rings. The van der Waals surface area contributed by atoms with Gasteiger partial charge in [-0.3, -0.25) is 37.3 Å². The number of aliphatic hydroxyl groups excluding tert-OH is 1. The molecule has 0 aliphatic carbocycles. The molecule has 3 N–H and O–H groups in total. The van der Waals surface area contributed by atoms with Crippen molar-refractivity contribution < 1.29 is 80.2 Å². The number of phosphoric ester groups is 2. The Hall–Kier alpha value is -1.94. The first kappa shape index (κ1) is 93.1. The predicted molar refractivity (Wildman–Crippen MR) is 386 cm³/mol. The van der Waals surface area contributed by atoms with Gasteiger partial charge in [-0.05, 0) is 37.5 Å². The number of ether oxygens (including phenoxy) is 4. The highest BCUT2D eigenvalue weighted by Gasteiger charge is 2.30. The van der Waals surface area contributed by atoms with E-state index in [-0.39, 0.29) is 25.7 Å². The largest absolute Gasteiger partial charge is 0.472 e. The van der Waals surface area contributed by atoms with Crippen molar-refractivity contribution in [1.29, 1.82) is 0 Å². The van der Waals surface area contributed by atoms with Crippen molar-refractivity contribution in [2.45, 2.75) is 413 Å². The molecule has 0 aliphatic heterocycles. The van der Waals surface area contributed by atoms with Crippen molar-refractivity contribution >= 4 is 39.5 Å². The fourth-order valence-electron chi connectivity index (χ4n) is 11.7. The SMILES string of the molecule is CCCCCCCCCCCCCCC(=O)O[C@H](COC(=O)CCCCCCCCCCC)COP(=O)(O)OC[C@H](O)COP(=O)(O)OC[C@@H](COC(=O)CCCCCCCCCCCCCCCC(C)C)OC(=O)CCCCCCCCCCCCCCCCCC(C)C. The van der Waals surface area contributed by atoms with E-state index in [0.717, 1.165) is 102 Å². The average Bonchev–Trinajstić information content (AvgIpc) is 3.70. The third-order valence-corrected chi connectivity index (χ3v) is 19.6. The molecule has 19 heteroatoms. The first-order valence-electron chi connectivity index (χ1n) is 39.5. The van der Waals surface area contributed by atoms with Gasteiger partial charge in [0.2, 0.25) is 0 Å². The summed E-state index contributed by atoms with van der Waals surface area (Å²) in [6.07, 6.45) is 55.4. The second kappa shape index (κ2) is 67.9. The molecule has 0 aliphatic rings. The van der Waals surface area contributed by atoms with Gasteiger partial charge in [0, 0.05) is 25.7 Å². The lowest BCUT2D eigenvalue weighted by Gasteiger charge is -2.21. The van der Waals surface area contributed by atoms with Crippen LogP contribution in [0.5, 0.6) is 0 Å². The molecule has 0 fully saturated rings. The van der Waals surface area contributed by atoms with Crippen LogP contribution in [0.4, 0.5) is 0 Å². The minimum atomic E-state index is -4.96. The van der Waals surface area contributed by atoms with Gasteiger partial charge in [-0.25, -0.2) is 9.13 Å². The number of phosphoric acid groups is 2. The molecule has 17 nitrogen and oxygen atoms in total. The zero-order valence-electron chi connectivity index (χ0n) is 62.0. The minimum Gasteiger partial charge on any atom is -0.462 e. The van der Waals surface area contributed by atoms with Crippen LogP contribution in [0.15, 0.2) is 0 Å². The van der Waals surface area contributed by atoms with Crippen LogP contribution in [0.2, 0.25) is 0 Å². The van der Waals surface area contributed by atoms with Crippen LogP contribution in [-0.2, 0) is 65.4 Å². The molecule has 2 unspecified atom stereocenters. The van der Waals surface area contributed by atoms with Gasteiger partial charge in [0.05, 0.1) is 26.4 Å². The van der Waals surface area contributed by atoms with Crippen LogP contribution < -0.4 is 0 Å². The maximum Gasteiger partial charge on any atom is 0.472 e. The molecule has 0 saturated heterocycles. The summed E-state index contributed by atoms with van der Waals surface area (Å²) in [4.78, 5) is 72.8. The topological polar surface area (TPSA) is 237 Å². The summed E-state index contributed by atoms with van der Waals surface area (Å²) < 4.78 is 68.5. The van der Waals surface area contributed by atoms with Crippen molar-refractivity contribution in [1.82, 2.24) is 0 Å². The molecule has 0 bridgehead atoms. The van der Waals surface area contributed by atoms with Gasteiger partial charge in [-0.15, -0.1) is 0 Å². The lowest BCUT2D eigenvalue weighted by atomic mass is 10.0. The molecule has 95 heavy (non-hydrogen) atoms. The van der Waals surface area contributed by atoms with Crippen LogP contribution in [-0.4, -0.2) is 96.7 Å². The van der Waals surface area contributed by atoms with E-state index >= 15 is 0 Å². The van der Waals surface area contributed by atoms with E-state index in [0.29, 0.717) is 25.7 Å². The second-order valence-electron chi connectivity index (χ2n) is 28.3. The maximum absolute atomic E-state index is 13.1. The van der Waals surface area contributed by atoms with E-state index in [1.165, 1.54) is 212 Å². The summed E-state index contributed by atoms with van der Waals surface area (Å²) >= 11 is 0. The predicted octanol–water partition coefficient (Wildman–Crippen LogP) is 22.3. The van der Waals surface area contributed by atoms with Crippen molar-refractivity contribution in [3.8, 4) is 0 Å². The van der Waals surface area contributed by atoms with Crippen LogP contribution in [0, 0.1) is 11.8 Å². The zero-order chi connectivity index (χ0) is 70.0. The van der Waals surface area contributed by atoms with Gasteiger partial charge in [0.15, 0.2) is 12.2 Å². The second-order valence-corrected chi connectivity index (χ2v) is 31.3. The molecule has 0 heterocycles. The highest BCUT2D eigenvalue weighted by Crippen LogP contribution is 2.45. The Bertz CT molecular complexity index is 1840. The zero-order valence-corrected chi connectivity index (χ0v) is 63.8. The molecule has 0 aromatic carbocycles. The highest BCUT2D eigenvalue weighted by atomic mass is 31.2. The van der Waals surface area contributed by atoms with Gasteiger partial charge < -0.3 is 33.8 Å². The number of carbonyl (C=O) groups is 4. The Morgan fingerprint density at radius 1 is 0.284 bits per heavy atom. The van der Waals surface area contributed by atoms with Crippen molar-refractivity contribution in [2.24, 2.45) is 11.8 Å². The normalized spacial score (nSPS) is 14.0. The first-order chi connectivity index (χ1) is 45.9. The van der Waals surface area contributed by atoms with Crippen LogP contribution in [0.1, 0.15) is 395 Å². The molecule has 0 aromatic heterocycles. The quantitative estimate of drug-likeness (QED) is 0.0222. The monoisotopic (exact) mass is 1400 g/mol. The summed E-state index contributed by atoms with van der Waals surface area (Å²) in [7, 11) is -9.91. The third kappa shape index (κ3) is 70.3. The van der Waals surface area contributed by atoms with Crippen molar-refractivity contribution in [3.05, 3.63) is 0 Å². The highest BCUT2D eigenvalue weighted by molar-refractivity contribution is 7.47. The molecule has 0 radical (unpaired) electrons. The smallest absolute Gasteiger partial charge is 0.462 e. The van der Waals surface area contributed by atoms with Gasteiger partial charge >= 0.3 is 39.5 Å². The molecule has 0 rings (SSSR count). The molecule has 0 saturated carbocycles. The molecule has 564 valence electrons.